The number of anilines is 1. The first-order valence-corrected chi connectivity index (χ1v) is 4.45. The topological polar surface area (TPSA) is 75.0 Å². The number of amides is 1. The van der Waals surface area contributed by atoms with Crippen molar-refractivity contribution in [2.45, 2.75) is 20.0 Å². The Labute approximate surface area is 87.7 Å². The molecule has 0 saturated heterocycles. The first kappa shape index (κ1) is 11.0. The van der Waals surface area contributed by atoms with E-state index in [1.807, 2.05) is 6.07 Å². The quantitative estimate of drug-likeness (QED) is 0.800. The summed E-state index contributed by atoms with van der Waals surface area (Å²) in [7, 11) is 0. The highest BCUT2D eigenvalue weighted by atomic mass is 16.6. The van der Waals surface area contributed by atoms with Crippen LogP contribution in [0.4, 0.5) is 10.5 Å². The standard InChI is InChI=1S/C10H11N3O2/c1-7(2)15-10(14)13-9-4-3-8(5-11)12-6-9/h3-4,6-7H,1-2H3,(H,13,14). The van der Waals surface area contributed by atoms with Gasteiger partial charge in [0.2, 0.25) is 0 Å². The summed E-state index contributed by atoms with van der Waals surface area (Å²) in [5.74, 6) is 0. The van der Waals surface area contributed by atoms with Crippen LogP contribution in [0, 0.1) is 11.3 Å². The number of aromatic nitrogens is 1. The number of ether oxygens (including phenoxy) is 1. The molecule has 0 aliphatic carbocycles. The molecule has 1 aromatic heterocycles. The minimum Gasteiger partial charge on any atom is -0.447 e. The van der Waals surface area contributed by atoms with Gasteiger partial charge < -0.3 is 4.74 Å². The van der Waals surface area contributed by atoms with Gasteiger partial charge >= 0.3 is 6.09 Å². The van der Waals surface area contributed by atoms with Crippen LogP contribution in [0.25, 0.3) is 0 Å². The molecule has 1 aromatic rings. The Hall–Kier alpha value is -2.09. The van der Waals surface area contributed by atoms with Crippen molar-refractivity contribution in [1.29, 1.82) is 5.26 Å². The van der Waals surface area contributed by atoms with Crippen LogP contribution in [0.3, 0.4) is 0 Å². The molecule has 0 atom stereocenters. The van der Waals surface area contributed by atoms with E-state index in [1.165, 1.54) is 12.3 Å². The van der Waals surface area contributed by atoms with Crippen molar-refractivity contribution in [2.24, 2.45) is 0 Å². The van der Waals surface area contributed by atoms with Crippen LogP contribution in [0.5, 0.6) is 0 Å². The molecular weight excluding hydrogens is 194 g/mol. The van der Waals surface area contributed by atoms with Gasteiger partial charge in [-0.05, 0) is 26.0 Å². The number of hydrogen-bond acceptors (Lipinski definition) is 4. The molecule has 0 aromatic carbocycles. The van der Waals surface area contributed by atoms with Gasteiger partial charge in [-0.1, -0.05) is 0 Å². The van der Waals surface area contributed by atoms with Crippen LogP contribution in [-0.4, -0.2) is 17.2 Å². The predicted octanol–water partition coefficient (Wildman–Crippen LogP) is 1.91. The van der Waals surface area contributed by atoms with E-state index in [0.29, 0.717) is 11.4 Å². The highest BCUT2D eigenvalue weighted by Gasteiger charge is 2.05. The van der Waals surface area contributed by atoms with Gasteiger partial charge in [0.05, 0.1) is 18.0 Å². The van der Waals surface area contributed by atoms with Crippen LogP contribution in [-0.2, 0) is 4.74 Å². The summed E-state index contributed by atoms with van der Waals surface area (Å²) in [6.07, 6.45) is 0.702. The second kappa shape index (κ2) is 4.96. The van der Waals surface area contributed by atoms with Crippen molar-refractivity contribution < 1.29 is 9.53 Å². The minimum atomic E-state index is -0.531. The lowest BCUT2D eigenvalue weighted by molar-refractivity contribution is 0.130. The zero-order valence-corrected chi connectivity index (χ0v) is 8.52. The fourth-order valence-electron chi connectivity index (χ4n) is 0.895. The van der Waals surface area contributed by atoms with Crippen LogP contribution in [0.1, 0.15) is 19.5 Å². The van der Waals surface area contributed by atoms with Crippen molar-refractivity contribution in [3.63, 3.8) is 0 Å². The van der Waals surface area contributed by atoms with Gasteiger partial charge in [0, 0.05) is 0 Å². The van der Waals surface area contributed by atoms with Gasteiger partial charge in [-0.3, -0.25) is 5.32 Å². The van der Waals surface area contributed by atoms with Crippen molar-refractivity contribution in [3.8, 4) is 6.07 Å². The molecule has 1 rings (SSSR count). The molecule has 0 fully saturated rings. The Morgan fingerprint density at radius 1 is 1.60 bits per heavy atom. The molecule has 78 valence electrons. The first-order chi connectivity index (χ1) is 7.11. The molecule has 0 aliphatic heterocycles. The lowest BCUT2D eigenvalue weighted by Gasteiger charge is -2.08. The largest absolute Gasteiger partial charge is 0.447 e. The van der Waals surface area contributed by atoms with Crippen molar-refractivity contribution in [2.75, 3.05) is 5.32 Å². The van der Waals surface area contributed by atoms with Crippen LogP contribution in [0.15, 0.2) is 18.3 Å². The maximum Gasteiger partial charge on any atom is 0.411 e. The number of pyridine rings is 1. The van der Waals surface area contributed by atoms with Crippen LogP contribution in [0.2, 0.25) is 0 Å². The average Bonchev–Trinajstić information content (AvgIpc) is 2.17. The van der Waals surface area contributed by atoms with Crippen LogP contribution >= 0.6 is 0 Å². The summed E-state index contributed by atoms with van der Waals surface area (Å²) in [4.78, 5) is 14.9. The summed E-state index contributed by atoms with van der Waals surface area (Å²) in [6, 6.07) is 4.99. The average molecular weight is 205 g/mol. The van der Waals surface area contributed by atoms with Crippen LogP contribution < -0.4 is 5.32 Å². The summed E-state index contributed by atoms with van der Waals surface area (Å²) >= 11 is 0. The van der Waals surface area contributed by atoms with E-state index in [2.05, 4.69) is 10.3 Å². The Morgan fingerprint density at radius 2 is 2.33 bits per heavy atom. The highest BCUT2D eigenvalue weighted by molar-refractivity contribution is 5.84. The lowest BCUT2D eigenvalue weighted by atomic mass is 10.3. The third-order valence-electron chi connectivity index (χ3n) is 1.47. The molecule has 0 unspecified atom stereocenters. The Morgan fingerprint density at radius 3 is 2.80 bits per heavy atom. The molecule has 0 radical (unpaired) electrons. The SMILES string of the molecule is CC(C)OC(=O)Nc1ccc(C#N)nc1. The molecule has 1 N–H and O–H groups in total. The molecule has 1 amide bonds. The lowest BCUT2D eigenvalue weighted by Crippen LogP contribution is -2.18. The van der Waals surface area contributed by atoms with Crippen molar-refractivity contribution in [1.82, 2.24) is 4.98 Å². The summed E-state index contributed by atoms with van der Waals surface area (Å²) in [6.45, 7) is 3.52. The minimum absolute atomic E-state index is 0.170. The molecule has 0 aliphatic rings. The Kier molecular flexibility index (Phi) is 3.63. The third-order valence-corrected chi connectivity index (χ3v) is 1.47. The number of carbonyl (C=O) groups is 1. The monoisotopic (exact) mass is 205 g/mol. The smallest absolute Gasteiger partial charge is 0.411 e. The van der Waals surface area contributed by atoms with Gasteiger partial charge in [0.25, 0.3) is 0 Å². The van der Waals surface area contributed by atoms with Gasteiger partial charge in [-0.15, -0.1) is 0 Å². The number of rotatable bonds is 2. The molecule has 0 saturated carbocycles. The Balaban J connectivity index is 2.58. The maximum absolute atomic E-state index is 11.2. The van der Waals surface area contributed by atoms with E-state index >= 15 is 0 Å². The van der Waals surface area contributed by atoms with Crippen molar-refractivity contribution in [3.05, 3.63) is 24.0 Å². The van der Waals surface area contributed by atoms with E-state index in [1.54, 1.807) is 19.9 Å². The maximum atomic E-state index is 11.2. The molecule has 1 heterocycles. The molecule has 5 heteroatoms. The molecule has 15 heavy (non-hydrogen) atoms. The zero-order valence-electron chi connectivity index (χ0n) is 8.52. The summed E-state index contributed by atoms with van der Waals surface area (Å²) < 4.78 is 4.87. The summed E-state index contributed by atoms with van der Waals surface area (Å²) in [5.41, 5.74) is 0.803. The predicted molar refractivity (Wildman–Crippen MR) is 54.2 cm³/mol. The van der Waals surface area contributed by atoms with E-state index in [0.717, 1.165) is 0 Å². The number of carbonyl (C=O) groups excluding carboxylic acids is 1. The normalized spacial score (nSPS) is 9.47. The van der Waals surface area contributed by atoms with Gasteiger partial charge in [-0.25, -0.2) is 9.78 Å². The van der Waals surface area contributed by atoms with E-state index in [-0.39, 0.29) is 6.10 Å². The van der Waals surface area contributed by atoms with Gasteiger partial charge in [-0.2, -0.15) is 5.26 Å². The second-order valence-electron chi connectivity index (χ2n) is 3.12. The molecule has 5 nitrogen and oxygen atoms in total. The number of hydrogen-bond donors (Lipinski definition) is 1. The second-order valence-corrected chi connectivity index (χ2v) is 3.12. The number of nitrogens with one attached hydrogen (secondary N) is 1. The number of nitriles is 1. The van der Waals surface area contributed by atoms with Gasteiger partial charge in [0.1, 0.15) is 11.8 Å². The first-order valence-electron chi connectivity index (χ1n) is 4.45. The highest BCUT2D eigenvalue weighted by Crippen LogP contribution is 2.06. The fraction of sp³-hybridized carbons (Fsp3) is 0.300. The molecule has 0 spiro atoms. The Bertz CT molecular complexity index is 379. The number of nitrogens with zero attached hydrogens (tertiary/aromatic N) is 2. The third kappa shape index (κ3) is 3.65. The zero-order chi connectivity index (χ0) is 11.3. The van der Waals surface area contributed by atoms with E-state index in [4.69, 9.17) is 10.00 Å². The molecular formula is C10H11N3O2. The van der Waals surface area contributed by atoms with E-state index < -0.39 is 6.09 Å². The fourth-order valence-corrected chi connectivity index (χ4v) is 0.895. The summed E-state index contributed by atoms with van der Waals surface area (Å²) in [5, 5.41) is 11.0. The van der Waals surface area contributed by atoms with E-state index in [9.17, 15) is 4.79 Å². The van der Waals surface area contributed by atoms with Crippen molar-refractivity contribution >= 4 is 11.8 Å². The molecule has 0 bridgehead atoms. The van der Waals surface area contributed by atoms with Gasteiger partial charge in [0.15, 0.2) is 0 Å².